The molecule has 0 saturated heterocycles. The van der Waals surface area contributed by atoms with Crippen molar-refractivity contribution in [1.82, 2.24) is 0 Å². The van der Waals surface area contributed by atoms with E-state index in [4.69, 9.17) is 10.5 Å². The standard InChI is InChI=1S/C10H21NO/c1-8(2)7-12-10-5-3-9(11)4-6-10/h8-10H,3-7,11H2,1-2H3. The molecule has 0 aromatic heterocycles. The van der Waals surface area contributed by atoms with Gasteiger partial charge in [-0.25, -0.2) is 0 Å². The van der Waals surface area contributed by atoms with Crippen molar-refractivity contribution in [2.75, 3.05) is 6.61 Å². The predicted octanol–water partition coefficient (Wildman–Crippen LogP) is 1.93. The second kappa shape index (κ2) is 4.83. The molecule has 0 aromatic carbocycles. The van der Waals surface area contributed by atoms with Crippen molar-refractivity contribution in [3.05, 3.63) is 0 Å². The van der Waals surface area contributed by atoms with Crippen molar-refractivity contribution in [2.45, 2.75) is 51.7 Å². The lowest BCUT2D eigenvalue weighted by atomic mass is 9.94. The Kier molecular flexibility index (Phi) is 4.02. The van der Waals surface area contributed by atoms with Gasteiger partial charge in [0, 0.05) is 12.6 Å². The van der Waals surface area contributed by atoms with E-state index in [-0.39, 0.29) is 0 Å². The third-order valence-corrected chi connectivity index (χ3v) is 2.38. The molecule has 0 radical (unpaired) electrons. The van der Waals surface area contributed by atoms with Gasteiger partial charge in [0.15, 0.2) is 0 Å². The van der Waals surface area contributed by atoms with Crippen molar-refractivity contribution in [3.8, 4) is 0 Å². The maximum Gasteiger partial charge on any atom is 0.0576 e. The second-order valence-electron chi connectivity index (χ2n) is 4.26. The number of hydrogen-bond donors (Lipinski definition) is 1. The highest BCUT2D eigenvalue weighted by molar-refractivity contribution is 4.74. The minimum absolute atomic E-state index is 0.434. The van der Waals surface area contributed by atoms with Gasteiger partial charge in [-0.2, -0.15) is 0 Å². The van der Waals surface area contributed by atoms with Crippen LogP contribution in [-0.2, 0) is 4.74 Å². The van der Waals surface area contributed by atoms with E-state index in [1.807, 2.05) is 0 Å². The molecule has 0 aromatic rings. The first kappa shape index (κ1) is 10.0. The lowest BCUT2D eigenvalue weighted by molar-refractivity contribution is 0.0109. The third-order valence-electron chi connectivity index (χ3n) is 2.38. The second-order valence-corrected chi connectivity index (χ2v) is 4.26. The van der Waals surface area contributed by atoms with E-state index in [0.29, 0.717) is 18.1 Å². The van der Waals surface area contributed by atoms with Crippen molar-refractivity contribution in [3.63, 3.8) is 0 Å². The number of nitrogens with two attached hydrogens (primary N) is 1. The van der Waals surface area contributed by atoms with Gasteiger partial charge in [-0.3, -0.25) is 0 Å². The van der Waals surface area contributed by atoms with Gasteiger partial charge in [-0.05, 0) is 31.6 Å². The maximum absolute atomic E-state index is 5.80. The molecule has 0 aliphatic heterocycles. The van der Waals surface area contributed by atoms with Gasteiger partial charge in [0.05, 0.1) is 6.10 Å². The van der Waals surface area contributed by atoms with Crippen LogP contribution in [0.1, 0.15) is 39.5 Å². The zero-order valence-electron chi connectivity index (χ0n) is 8.25. The van der Waals surface area contributed by atoms with Gasteiger partial charge in [-0.1, -0.05) is 13.8 Å². The quantitative estimate of drug-likeness (QED) is 0.704. The molecule has 0 atom stereocenters. The number of ether oxygens (including phenoxy) is 1. The van der Waals surface area contributed by atoms with E-state index in [1.165, 1.54) is 0 Å². The Morgan fingerprint density at radius 2 is 1.83 bits per heavy atom. The fourth-order valence-electron chi connectivity index (χ4n) is 1.58. The van der Waals surface area contributed by atoms with Crippen LogP contribution in [0.2, 0.25) is 0 Å². The fraction of sp³-hybridized carbons (Fsp3) is 1.00. The number of rotatable bonds is 3. The first-order chi connectivity index (χ1) is 5.68. The summed E-state index contributed by atoms with van der Waals surface area (Å²) < 4.78 is 5.74. The lowest BCUT2D eigenvalue weighted by Gasteiger charge is -2.26. The summed E-state index contributed by atoms with van der Waals surface area (Å²) >= 11 is 0. The molecule has 0 unspecified atom stereocenters. The molecule has 0 heterocycles. The largest absolute Gasteiger partial charge is 0.378 e. The monoisotopic (exact) mass is 171 g/mol. The van der Waals surface area contributed by atoms with Crippen molar-refractivity contribution >= 4 is 0 Å². The van der Waals surface area contributed by atoms with Crippen LogP contribution in [0, 0.1) is 5.92 Å². The summed E-state index contributed by atoms with van der Waals surface area (Å²) in [5, 5.41) is 0. The molecule has 2 nitrogen and oxygen atoms in total. The molecule has 1 aliphatic carbocycles. The summed E-state index contributed by atoms with van der Waals surface area (Å²) in [6.07, 6.45) is 5.10. The van der Waals surface area contributed by atoms with Crippen LogP contribution in [-0.4, -0.2) is 18.8 Å². The van der Waals surface area contributed by atoms with E-state index in [9.17, 15) is 0 Å². The maximum atomic E-state index is 5.80. The SMILES string of the molecule is CC(C)COC1CCC(N)CC1. The van der Waals surface area contributed by atoms with Gasteiger partial charge in [0.1, 0.15) is 0 Å². The molecule has 12 heavy (non-hydrogen) atoms. The molecule has 1 fully saturated rings. The Hall–Kier alpha value is -0.0800. The minimum atomic E-state index is 0.434. The molecule has 1 saturated carbocycles. The average molecular weight is 171 g/mol. The molecular weight excluding hydrogens is 150 g/mol. The van der Waals surface area contributed by atoms with Crippen LogP contribution in [0.25, 0.3) is 0 Å². The molecule has 0 amide bonds. The lowest BCUT2D eigenvalue weighted by Crippen LogP contribution is -2.30. The summed E-state index contributed by atoms with van der Waals surface area (Å²) in [5.74, 6) is 0.653. The summed E-state index contributed by atoms with van der Waals surface area (Å²) in [4.78, 5) is 0. The minimum Gasteiger partial charge on any atom is -0.378 e. The Balaban J connectivity index is 2.09. The van der Waals surface area contributed by atoms with Crippen LogP contribution in [0.4, 0.5) is 0 Å². The Bertz CT molecular complexity index is 117. The van der Waals surface area contributed by atoms with Gasteiger partial charge >= 0.3 is 0 Å². The van der Waals surface area contributed by atoms with Crippen LogP contribution in [0.5, 0.6) is 0 Å². The van der Waals surface area contributed by atoms with Crippen molar-refractivity contribution in [2.24, 2.45) is 11.7 Å². The summed E-state index contributed by atoms with van der Waals surface area (Å²) in [5.41, 5.74) is 5.80. The highest BCUT2D eigenvalue weighted by Gasteiger charge is 2.18. The van der Waals surface area contributed by atoms with E-state index < -0.39 is 0 Å². The molecule has 0 bridgehead atoms. The fourth-order valence-corrected chi connectivity index (χ4v) is 1.58. The number of hydrogen-bond acceptors (Lipinski definition) is 2. The predicted molar refractivity (Wildman–Crippen MR) is 51.0 cm³/mol. The molecule has 72 valence electrons. The molecule has 2 heteroatoms. The van der Waals surface area contributed by atoms with Gasteiger partial charge in [0.25, 0.3) is 0 Å². The normalized spacial score (nSPS) is 31.0. The van der Waals surface area contributed by atoms with Crippen molar-refractivity contribution in [1.29, 1.82) is 0 Å². The van der Waals surface area contributed by atoms with E-state index in [2.05, 4.69) is 13.8 Å². The van der Waals surface area contributed by atoms with Crippen LogP contribution >= 0.6 is 0 Å². The first-order valence-corrected chi connectivity index (χ1v) is 5.05. The Morgan fingerprint density at radius 3 is 2.33 bits per heavy atom. The molecular formula is C10H21NO. The Labute approximate surface area is 75.5 Å². The summed E-state index contributed by atoms with van der Waals surface area (Å²) in [6, 6.07) is 0.434. The molecule has 0 spiro atoms. The van der Waals surface area contributed by atoms with Crippen molar-refractivity contribution < 1.29 is 4.74 Å². The van der Waals surface area contributed by atoms with E-state index in [1.54, 1.807) is 0 Å². The smallest absolute Gasteiger partial charge is 0.0576 e. The Morgan fingerprint density at radius 1 is 1.25 bits per heavy atom. The van der Waals surface area contributed by atoms with E-state index >= 15 is 0 Å². The van der Waals surface area contributed by atoms with Gasteiger partial charge in [-0.15, -0.1) is 0 Å². The highest BCUT2D eigenvalue weighted by atomic mass is 16.5. The summed E-state index contributed by atoms with van der Waals surface area (Å²) in [7, 11) is 0. The van der Waals surface area contributed by atoms with E-state index in [0.717, 1.165) is 32.3 Å². The van der Waals surface area contributed by atoms with Crippen LogP contribution < -0.4 is 5.73 Å². The van der Waals surface area contributed by atoms with Crippen LogP contribution in [0.3, 0.4) is 0 Å². The zero-order valence-corrected chi connectivity index (χ0v) is 8.25. The highest BCUT2D eigenvalue weighted by Crippen LogP contribution is 2.20. The first-order valence-electron chi connectivity index (χ1n) is 5.05. The topological polar surface area (TPSA) is 35.2 Å². The summed E-state index contributed by atoms with van der Waals surface area (Å²) in [6.45, 7) is 5.28. The molecule has 1 aliphatic rings. The van der Waals surface area contributed by atoms with Crippen LogP contribution in [0.15, 0.2) is 0 Å². The average Bonchev–Trinajstić information content (AvgIpc) is 2.03. The van der Waals surface area contributed by atoms with Gasteiger partial charge in [0.2, 0.25) is 0 Å². The third kappa shape index (κ3) is 3.55. The molecule has 1 rings (SSSR count). The zero-order chi connectivity index (χ0) is 8.97. The molecule has 2 N–H and O–H groups in total. The van der Waals surface area contributed by atoms with Gasteiger partial charge < -0.3 is 10.5 Å².